The minimum atomic E-state index is -1.05. The summed E-state index contributed by atoms with van der Waals surface area (Å²) in [5, 5.41) is 0. The van der Waals surface area contributed by atoms with Gasteiger partial charge in [0, 0.05) is 44.8 Å². The molecule has 5 nitrogen and oxygen atoms in total. The lowest BCUT2D eigenvalue weighted by atomic mass is 9.95. The molecule has 0 saturated carbocycles. The molecule has 2 aliphatic rings. The third-order valence-electron chi connectivity index (χ3n) is 6.20. The van der Waals surface area contributed by atoms with Crippen molar-refractivity contribution in [2.75, 3.05) is 39.3 Å². The van der Waals surface area contributed by atoms with Gasteiger partial charge in [-0.25, -0.2) is 13.2 Å². The van der Waals surface area contributed by atoms with E-state index in [2.05, 4.69) is 4.90 Å². The van der Waals surface area contributed by atoms with E-state index in [1.165, 1.54) is 18.2 Å². The number of nitrogens with zero attached hydrogens (tertiary/aromatic N) is 3. The molecule has 170 valence electrons. The Kier molecular flexibility index (Phi) is 6.79. The molecule has 2 aromatic carbocycles. The smallest absolute Gasteiger partial charge is 0.254 e. The van der Waals surface area contributed by atoms with Crippen molar-refractivity contribution in [3.8, 4) is 0 Å². The molecule has 1 unspecified atom stereocenters. The van der Waals surface area contributed by atoms with Crippen molar-refractivity contribution in [2.24, 2.45) is 5.92 Å². The normalized spacial score (nSPS) is 19.8. The molecule has 8 heteroatoms. The number of benzene rings is 2. The number of piperazine rings is 1. The number of rotatable bonds is 4. The minimum Gasteiger partial charge on any atom is -0.339 e. The van der Waals surface area contributed by atoms with Gasteiger partial charge in [-0.1, -0.05) is 12.1 Å². The quantitative estimate of drug-likeness (QED) is 0.726. The number of hydrogen-bond acceptors (Lipinski definition) is 3. The number of piperidine rings is 1. The molecule has 4 rings (SSSR count). The molecular weight excluding hydrogens is 419 g/mol. The first kappa shape index (κ1) is 22.3. The number of likely N-dealkylation sites (tertiary alicyclic amines) is 1. The fourth-order valence-corrected chi connectivity index (χ4v) is 4.49. The molecule has 0 spiro atoms. The third-order valence-corrected chi connectivity index (χ3v) is 6.20. The van der Waals surface area contributed by atoms with E-state index in [1.807, 2.05) is 6.07 Å². The average molecular weight is 445 g/mol. The van der Waals surface area contributed by atoms with Crippen molar-refractivity contribution in [3.63, 3.8) is 0 Å². The van der Waals surface area contributed by atoms with E-state index < -0.39 is 11.6 Å². The highest BCUT2D eigenvalue weighted by Crippen LogP contribution is 2.22. The Balaban J connectivity index is 1.30. The van der Waals surface area contributed by atoms with Crippen LogP contribution in [0.4, 0.5) is 13.2 Å². The van der Waals surface area contributed by atoms with Gasteiger partial charge in [0.15, 0.2) is 11.6 Å². The van der Waals surface area contributed by atoms with Crippen LogP contribution >= 0.6 is 0 Å². The van der Waals surface area contributed by atoms with Gasteiger partial charge >= 0.3 is 0 Å². The molecule has 0 aliphatic carbocycles. The maximum atomic E-state index is 13.5. The van der Waals surface area contributed by atoms with E-state index in [4.69, 9.17) is 0 Å². The van der Waals surface area contributed by atoms with E-state index in [9.17, 15) is 22.8 Å². The van der Waals surface area contributed by atoms with Gasteiger partial charge in [0.05, 0.1) is 5.92 Å². The van der Waals surface area contributed by atoms with Crippen molar-refractivity contribution in [1.82, 2.24) is 14.7 Å². The van der Waals surface area contributed by atoms with Gasteiger partial charge in [-0.15, -0.1) is 0 Å². The molecule has 32 heavy (non-hydrogen) atoms. The van der Waals surface area contributed by atoms with E-state index in [-0.39, 0.29) is 29.1 Å². The SMILES string of the molecule is O=C(c1ccc(F)c(F)c1)N1CCN(C(=O)C2CCCN(Cc3cccc(F)c3)C2)CC1. The maximum Gasteiger partial charge on any atom is 0.254 e. The van der Waals surface area contributed by atoms with Gasteiger partial charge in [0.25, 0.3) is 5.91 Å². The van der Waals surface area contributed by atoms with Crippen molar-refractivity contribution in [3.05, 3.63) is 71.0 Å². The van der Waals surface area contributed by atoms with E-state index in [0.29, 0.717) is 39.3 Å². The summed E-state index contributed by atoms with van der Waals surface area (Å²) in [5.41, 5.74) is 0.992. The highest BCUT2D eigenvalue weighted by molar-refractivity contribution is 5.94. The summed E-state index contributed by atoms with van der Waals surface area (Å²) in [6.45, 7) is 3.63. The second-order valence-corrected chi connectivity index (χ2v) is 8.45. The Morgan fingerprint density at radius 3 is 2.34 bits per heavy atom. The zero-order valence-corrected chi connectivity index (χ0v) is 17.8. The molecule has 0 N–H and O–H groups in total. The van der Waals surface area contributed by atoms with Crippen LogP contribution in [0.2, 0.25) is 0 Å². The van der Waals surface area contributed by atoms with Crippen molar-refractivity contribution < 1.29 is 22.8 Å². The van der Waals surface area contributed by atoms with Crippen LogP contribution in [0.15, 0.2) is 42.5 Å². The Hall–Kier alpha value is -2.87. The van der Waals surface area contributed by atoms with Crippen molar-refractivity contribution in [2.45, 2.75) is 19.4 Å². The Bertz CT molecular complexity index is 992. The minimum absolute atomic E-state index is 0.0777. The number of hydrogen-bond donors (Lipinski definition) is 0. The lowest BCUT2D eigenvalue weighted by molar-refractivity contribution is -0.139. The van der Waals surface area contributed by atoms with Crippen molar-refractivity contribution in [1.29, 1.82) is 0 Å². The third kappa shape index (κ3) is 5.12. The summed E-state index contributed by atoms with van der Waals surface area (Å²) in [6, 6.07) is 9.65. The van der Waals surface area contributed by atoms with Crippen LogP contribution in [0.3, 0.4) is 0 Å². The summed E-state index contributed by atoms with van der Waals surface area (Å²) >= 11 is 0. The lowest BCUT2D eigenvalue weighted by Gasteiger charge is -2.39. The zero-order valence-electron chi connectivity index (χ0n) is 17.8. The molecule has 0 aromatic heterocycles. The molecule has 2 aromatic rings. The first-order chi connectivity index (χ1) is 15.4. The van der Waals surface area contributed by atoms with Gasteiger partial charge in [-0.05, 0) is 55.3 Å². The Labute approximate surface area is 185 Å². The van der Waals surface area contributed by atoms with Crippen molar-refractivity contribution >= 4 is 11.8 Å². The molecule has 2 saturated heterocycles. The first-order valence-electron chi connectivity index (χ1n) is 10.9. The maximum absolute atomic E-state index is 13.5. The Morgan fingerprint density at radius 2 is 1.62 bits per heavy atom. The predicted molar refractivity (Wildman–Crippen MR) is 113 cm³/mol. The van der Waals surface area contributed by atoms with Gasteiger partial charge in [0.1, 0.15) is 5.82 Å². The summed E-state index contributed by atoms with van der Waals surface area (Å²) in [5.74, 6) is -2.71. The molecule has 2 aliphatic heterocycles. The number of carbonyl (C=O) groups is 2. The van der Waals surface area contributed by atoms with E-state index in [1.54, 1.807) is 15.9 Å². The lowest BCUT2D eigenvalue weighted by Crippen LogP contribution is -2.53. The highest BCUT2D eigenvalue weighted by Gasteiger charge is 2.32. The molecule has 2 heterocycles. The van der Waals surface area contributed by atoms with E-state index >= 15 is 0 Å². The van der Waals surface area contributed by atoms with Crippen LogP contribution in [0.25, 0.3) is 0 Å². The molecule has 2 fully saturated rings. The summed E-state index contributed by atoms with van der Waals surface area (Å²) < 4.78 is 40.0. The van der Waals surface area contributed by atoms with Crippen LogP contribution in [-0.2, 0) is 11.3 Å². The molecule has 1 atom stereocenters. The number of amides is 2. The molecular formula is C24H26F3N3O2. The van der Waals surface area contributed by atoms with Crippen LogP contribution in [-0.4, -0.2) is 65.8 Å². The summed E-state index contributed by atoms with van der Waals surface area (Å²) in [6.07, 6.45) is 1.72. The second kappa shape index (κ2) is 9.73. The number of carbonyl (C=O) groups excluding carboxylic acids is 2. The van der Waals surface area contributed by atoms with Crippen LogP contribution in [0, 0.1) is 23.4 Å². The van der Waals surface area contributed by atoms with Crippen LogP contribution < -0.4 is 0 Å². The highest BCUT2D eigenvalue weighted by atomic mass is 19.2. The van der Waals surface area contributed by atoms with Crippen LogP contribution in [0.5, 0.6) is 0 Å². The zero-order chi connectivity index (χ0) is 22.7. The standard InChI is InChI=1S/C24H26F3N3O2/c25-20-5-1-3-17(13-20)15-28-8-2-4-19(16-28)24(32)30-11-9-29(10-12-30)23(31)18-6-7-21(26)22(27)14-18/h1,3,5-7,13-14,19H,2,4,8-12,15-16H2. The van der Waals surface area contributed by atoms with Gasteiger partial charge in [0.2, 0.25) is 5.91 Å². The van der Waals surface area contributed by atoms with Crippen LogP contribution in [0.1, 0.15) is 28.8 Å². The fraction of sp³-hybridized carbons (Fsp3) is 0.417. The van der Waals surface area contributed by atoms with Gasteiger partial charge < -0.3 is 9.80 Å². The molecule has 2 amide bonds. The number of halogens is 3. The molecule has 0 bridgehead atoms. The first-order valence-corrected chi connectivity index (χ1v) is 10.9. The largest absolute Gasteiger partial charge is 0.339 e. The summed E-state index contributed by atoms with van der Waals surface area (Å²) in [4.78, 5) is 31.2. The van der Waals surface area contributed by atoms with E-state index in [0.717, 1.165) is 37.1 Å². The summed E-state index contributed by atoms with van der Waals surface area (Å²) in [7, 11) is 0. The topological polar surface area (TPSA) is 43.9 Å². The molecule has 0 radical (unpaired) electrons. The predicted octanol–water partition coefficient (Wildman–Crippen LogP) is 3.30. The van der Waals surface area contributed by atoms with Gasteiger partial charge in [-0.3, -0.25) is 14.5 Å². The van der Waals surface area contributed by atoms with Gasteiger partial charge in [-0.2, -0.15) is 0 Å². The fourth-order valence-electron chi connectivity index (χ4n) is 4.49. The monoisotopic (exact) mass is 445 g/mol. The second-order valence-electron chi connectivity index (χ2n) is 8.45. The average Bonchev–Trinajstić information content (AvgIpc) is 2.80. The Morgan fingerprint density at radius 1 is 0.875 bits per heavy atom.